The quantitative estimate of drug-likeness (QED) is 0.647. The Hall–Kier alpha value is -2.35. The molecule has 0 heterocycles. The molecule has 0 spiro atoms. The van der Waals surface area contributed by atoms with Crippen molar-refractivity contribution in [2.75, 3.05) is 20.2 Å². The van der Waals surface area contributed by atoms with E-state index in [1.807, 2.05) is 18.2 Å². The monoisotopic (exact) mass is 408 g/mol. The second-order valence-electron chi connectivity index (χ2n) is 5.65. The fourth-order valence-corrected chi connectivity index (χ4v) is 4.11. The van der Waals surface area contributed by atoms with Gasteiger partial charge in [-0.05, 0) is 23.8 Å². The molecule has 0 unspecified atom stereocenters. The van der Waals surface area contributed by atoms with Gasteiger partial charge in [0, 0.05) is 13.1 Å². The number of nitrogens with one attached hydrogen (secondary N) is 1. The first-order valence-electron chi connectivity index (χ1n) is 8.13. The molecule has 2 rings (SSSR count). The Bertz CT molecular complexity index is 901. The van der Waals surface area contributed by atoms with Gasteiger partial charge < -0.3 is 10.1 Å². The summed E-state index contributed by atoms with van der Waals surface area (Å²) in [6.07, 6.45) is 1.52. The standard InChI is InChI=1S/C19H21ClN2O4S/c1-3-11-21-19(23)14-22(13-15-7-5-4-6-8-15)27(24,25)16-9-10-18(26-2)17(20)12-16/h3-10,12H,1,11,13-14H2,2H3,(H,21,23). The zero-order valence-electron chi connectivity index (χ0n) is 14.9. The molecule has 0 saturated carbocycles. The summed E-state index contributed by atoms with van der Waals surface area (Å²) in [5.74, 6) is -0.0528. The van der Waals surface area contributed by atoms with Crippen LogP contribution < -0.4 is 10.1 Å². The maximum absolute atomic E-state index is 13.1. The fourth-order valence-electron chi connectivity index (χ4n) is 2.37. The molecule has 2 aromatic carbocycles. The summed E-state index contributed by atoms with van der Waals surface area (Å²) in [7, 11) is -2.51. The molecule has 8 heteroatoms. The number of hydrogen-bond acceptors (Lipinski definition) is 4. The van der Waals surface area contributed by atoms with Gasteiger partial charge in [0.05, 0.1) is 23.6 Å². The lowest BCUT2D eigenvalue weighted by Crippen LogP contribution is -2.40. The van der Waals surface area contributed by atoms with E-state index >= 15 is 0 Å². The van der Waals surface area contributed by atoms with Gasteiger partial charge in [-0.2, -0.15) is 4.31 Å². The number of benzene rings is 2. The van der Waals surface area contributed by atoms with E-state index in [4.69, 9.17) is 16.3 Å². The first-order chi connectivity index (χ1) is 12.9. The largest absolute Gasteiger partial charge is 0.495 e. The zero-order chi connectivity index (χ0) is 19.9. The molecule has 0 atom stereocenters. The normalized spacial score (nSPS) is 11.2. The minimum absolute atomic E-state index is 0.0132. The molecule has 0 saturated heterocycles. The number of ether oxygens (including phenoxy) is 1. The van der Waals surface area contributed by atoms with E-state index in [9.17, 15) is 13.2 Å². The van der Waals surface area contributed by atoms with Crippen LogP contribution in [0.2, 0.25) is 5.02 Å². The van der Waals surface area contributed by atoms with Crippen molar-refractivity contribution in [3.8, 4) is 5.75 Å². The first-order valence-corrected chi connectivity index (χ1v) is 9.95. The van der Waals surface area contributed by atoms with Crippen LogP contribution in [0, 0.1) is 0 Å². The lowest BCUT2D eigenvalue weighted by molar-refractivity contribution is -0.121. The van der Waals surface area contributed by atoms with E-state index < -0.39 is 15.9 Å². The highest BCUT2D eigenvalue weighted by atomic mass is 35.5. The van der Waals surface area contributed by atoms with Crippen LogP contribution in [0.3, 0.4) is 0 Å². The second kappa shape index (κ2) is 9.55. The van der Waals surface area contributed by atoms with Crippen LogP contribution in [0.25, 0.3) is 0 Å². The number of nitrogens with zero attached hydrogens (tertiary/aromatic N) is 1. The molecule has 0 aliphatic carbocycles. The van der Waals surface area contributed by atoms with Gasteiger partial charge in [0.15, 0.2) is 0 Å². The summed E-state index contributed by atoms with van der Waals surface area (Å²) in [4.78, 5) is 12.1. The molecule has 0 radical (unpaired) electrons. The van der Waals surface area contributed by atoms with Gasteiger partial charge in [-0.15, -0.1) is 6.58 Å². The number of carbonyl (C=O) groups is 1. The van der Waals surface area contributed by atoms with Crippen LogP contribution in [-0.2, 0) is 21.4 Å². The summed E-state index contributed by atoms with van der Waals surface area (Å²) < 4.78 is 32.4. The summed E-state index contributed by atoms with van der Waals surface area (Å²) >= 11 is 6.08. The van der Waals surface area contributed by atoms with Crippen molar-refractivity contribution in [1.82, 2.24) is 9.62 Å². The van der Waals surface area contributed by atoms with Crippen molar-refractivity contribution in [3.05, 3.63) is 71.8 Å². The summed E-state index contributed by atoms with van der Waals surface area (Å²) in [6.45, 7) is 3.51. The number of carbonyl (C=O) groups excluding carboxylic acids is 1. The van der Waals surface area contributed by atoms with Crippen LogP contribution in [-0.4, -0.2) is 38.8 Å². The van der Waals surface area contributed by atoms with Gasteiger partial charge in [-0.3, -0.25) is 4.79 Å². The van der Waals surface area contributed by atoms with E-state index in [-0.39, 0.29) is 29.6 Å². The number of sulfonamides is 1. The van der Waals surface area contributed by atoms with E-state index in [2.05, 4.69) is 11.9 Å². The van der Waals surface area contributed by atoms with Crippen molar-refractivity contribution < 1.29 is 17.9 Å². The Kier molecular flexibility index (Phi) is 7.41. The van der Waals surface area contributed by atoms with E-state index in [0.29, 0.717) is 5.75 Å². The predicted octanol–water partition coefficient (Wildman–Crippen LogP) is 2.84. The van der Waals surface area contributed by atoms with Crippen molar-refractivity contribution in [1.29, 1.82) is 0 Å². The minimum Gasteiger partial charge on any atom is -0.495 e. The summed E-state index contributed by atoms with van der Waals surface area (Å²) in [5, 5.41) is 2.77. The Morgan fingerprint density at radius 3 is 2.56 bits per heavy atom. The van der Waals surface area contributed by atoms with Gasteiger partial charge in [0.25, 0.3) is 0 Å². The van der Waals surface area contributed by atoms with Crippen LogP contribution in [0.1, 0.15) is 5.56 Å². The van der Waals surface area contributed by atoms with E-state index in [0.717, 1.165) is 9.87 Å². The number of rotatable bonds is 9. The number of hydrogen-bond donors (Lipinski definition) is 1. The fraction of sp³-hybridized carbons (Fsp3) is 0.211. The molecule has 6 nitrogen and oxygen atoms in total. The smallest absolute Gasteiger partial charge is 0.243 e. The topological polar surface area (TPSA) is 75.7 Å². The van der Waals surface area contributed by atoms with Gasteiger partial charge >= 0.3 is 0 Å². The van der Waals surface area contributed by atoms with Gasteiger partial charge in [-0.25, -0.2) is 8.42 Å². The maximum atomic E-state index is 13.1. The van der Waals surface area contributed by atoms with Crippen LogP contribution in [0.5, 0.6) is 5.75 Å². The molecule has 0 bridgehead atoms. The second-order valence-corrected chi connectivity index (χ2v) is 7.99. The van der Waals surface area contributed by atoms with Gasteiger partial charge in [-0.1, -0.05) is 48.0 Å². The molecule has 27 heavy (non-hydrogen) atoms. The SMILES string of the molecule is C=CCNC(=O)CN(Cc1ccccc1)S(=O)(=O)c1ccc(OC)c(Cl)c1. The number of amides is 1. The average Bonchev–Trinajstić information content (AvgIpc) is 2.66. The third-order valence-electron chi connectivity index (χ3n) is 3.73. The Morgan fingerprint density at radius 2 is 1.96 bits per heavy atom. The highest BCUT2D eigenvalue weighted by Crippen LogP contribution is 2.28. The third kappa shape index (κ3) is 5.56. The summed E-state index contributed by atoms with van der Waals surface area (Å²) in [5.41, 5.74) is 0.761. The van der Waals surface area contributed by atoms with Crippen LogP contribution in [0.4, 0.5) is 0 Å². The molecule has 0 aliphatic rings. The van der Waals surface area contributed by atoms with E-state index in [1.54, 1.807) is 12.1 Å². The average molecular weight is 409 g/mol. The molecular weight excluding hydrogens is 388 g/mol. The number of methoxy groups -OCH3 is 1. The highest BCUT2D eigenvalue weighted by Gasteiger charge is 2.27. The van der Waals surface area contributed by atoms with Crippen molar-refractivity contribution in [2.45, 2.75) is 11.4 Å². The molecule has 0 aromatic heterocycles. The maximum Gasteiger partial charge on any atom is 0.243 e. The Balaban J connectivity index is 2.36. The molecule has 144 valence electrons. The van der Waals surface area contributed by atoms with Crippen molar-refractivity contribution in [2.24, 2.45) is 0 Å². The summed E-state index contributed by atoms with van der Waals surface area (Å²) in [6, 6.07) is 13.2. The minimum atomic E-state index is -3.96. The van der Waals surface area contributed by atoms with Crippen LogP contribution in [0.15, 0.2) is 66.1 Å². The lowest BCUT2D eigenvalue weighted by atomic mass is 10.2. The Labute approximate surface area is 164 Å². The molecule has 1 N–H and O–H groups in total. The van der Waals surface area contributed by atoms with Gasteiger partial charge in [0.1, 0.15) is 5.75 Å². The van der Waals surface area contributed by atoms with Gasteiger partial charge in [0.2, 0.25) is 15.9 Å². The first kappa shape index (κ1) is 21.0. The third-order valence-corrected chi connectivity index (χ3v) is 5.81. The molecule has 1 amide bonds. The molecule has 2 aromatic rings. The molecule has 0 aliphatic heterocycles. The molecular formula is C19H21ClN2O4S. The number of halogens is 1. The van der Waals surface area contributed by atoms with E-state index in [1.165, 1.54) is 31.4 Å². The van der Waals surface area contributed by atoms with Crippen molar-refractivity contribution in [3.63, 3.8) is 0 Å². The van der Waals surface area contributed by atoms with Crippen LogP contribution >= 0.6 is 11.6 Å². The lowest BCUT2D eigenvalue weighted by Gasteiger charge is -2.22. The highest BCUT2D eigenvalue weighted by molar-refractivity contribution is 7.89. The molecule has 0 fully saturated rings. The Morgan fingerprint density at radius 1 is 1.26 bits per heavy atom. The predicted molar refractivity (Wildman–Crippen MR) is 105 cm³/mol. The zero-order valence-corrected chi connectivity index (χ0v) is 16.5. The van der Waals surface area contributed by atoms with Crippen molar-refractivity contribution >= 4 is 27.5 Å².